The highest BCUT2D eigenvalue weighted by atomic mass is 32.2. The Labute approximate surface area is 150 Å². The molecule has 2 saturated carbocycles. The number of nitrogens with one attached hydrogen (secondary N) is 1. The molecule has 2 aliphatic carbocycles. The summed E-state index contributed by atoms with van der Waals surface area (Å²) < 4.78 is 29.7. The number of nitrogens with zero attached hydrogens (tertiary/aromatic N) is 1. The Kier molecular flexibility index (Phi) is 4.77. The molecule has 0 aromatic heterocycles. The first-order chi connectivity index (χ1) is 11.5. The lowest BCUT2D eigenvalue weighted by molar-refractivity contribution is 0.0838. The smallest absolute Gasteiger partial charge is 0.169 e. The number of hydrogen-bond acceptors (Lipinski definition) is 4. The highest BCUT2D eigenvalue weighted by molar-refractivity contribution is 7.91. The van der Waals surface area contributed by atoms with Gasteiger partial charge < -0.3 is 15.0 Å². The van der Waals surface area contributed by atoms with Crippen LogP contribution in [0.15, 0.2) is 0 Å². The van der Waals surface area contributed by atoms with Crippen LogP contribution in [0.2, 0.25) is 0 Å². The standard InChI is InChI=1S/C17H28N2O3S2/c20-24(21)7-5-14(11-24)19(10-15-2-1-6-22-15)17(23)18-16-9-12-3-4-13(16)8-12/h12-16H,1-11H2,(H,18,23)/t12-,13-,14-,15+,16-/m0/s1. The summed E-state index contributed by atoms with van der Waals surface area (Å²) in [4.78, 5) is 2.14. The summed E-state index contributed by atoms with van der Waals surface area (Å²) in [6, 6.07) is 0.499. The van der Waals surface area contributed by atoms with E-state index in [4.69, 9.17) is 17.0 Å². The van der Waals surface area contributed by atoms with E-state index in [0.717, 1.165) is 42.9 Å². The molecule has 2 bridgehead atoms. The summed E-state index contributed by atoms with van der Waals surface area (Å²) in [5, 5.41) is 4.35. The monoisotopic (exact) mass is 372 g/mol. The van der Waals surface area contributed by atoms with Gasteiger partial charge in [-0.25, -0.2) is 8.42 Å². The van der Waals surface area contributed by atoms with Crippen molar-refractivity contribution in [1.82, 2.24) is 10.2 Å². The van der Waals surface area contributed by atoms with Gasteiger partial charge in [0.05, 0.1) is 17.6 Å². The first-order valence-electron chi connectivity index (χ1n) is 9.39. The lowest BCUT2D eigenvalue weighted by atomic mass is 9.95. The normalized spacial score (nSPS) is 40.1. The molecule has 136 valence electrons. The molecule has 4 fully saturated rings. The fourth-order valence-corrected chi connectivity index (χ4v) is 7.20. The molecule has 5 nitrogen and oxygen atoms in total. The van der Waals surface area contributed by atoms with Crippen molar-refractivity contribution in [2.75, 3.05) is 24.7 Å². The van der Waals surface area contributed by atoms with E-state index >= 15 is 0 Å². The number of rotatable bonds is 4. The summed E-state index contributed by atoms with van der Waals surface area (Å²) in [5.41, 5.74) is 0. The second kappa shape index (κ2) is 6.72. The van der Waals surface area contributed by atoms with Crippen LogP contribution in [0, 0.1) is 11.8 Å². The van der Waals surface area contributed by atoms with Gasteiger partial charge >= 0.3 is 0 Å². The van der Waals surface area contributed by atoms with Gasteiger partial charge in [0.25, 0.3) is 0 Å². The molecule has 0 amide bonds. The van der Waals surface area contributed by atoms with Crippen LogP contribution < -0.4 is 5.32 Å². The Morgan fingerprint density at radius 3 is 2.67 bits per heavy atom. The van der Waals surface area contributed by atoms with Crippen molar-refractivity contribution in [3.63, 3.8) is 0 Å². The number of ether oxygens (including phenoxy) is 1. The third-order valence-corrected chi connectivity index (χ3v) is 8.48. The molecule has 1 N–H and O–H groups in total. The van der Waals surface area contributed by atoms with Crippen LogP contribution in [-0.4, -0.2) is 61.3 Å². The molecule has 0 spiro atoms. The third-order valence-electron chi connectivity index (χ3n) is 6.38. The Hall–Kier alpha value is -0.400. The molecule has 24 heavy (non-hydrogen) atoms. The van der Waals surface area contributed by atoms with E-state index in [-0.39, 0.29) is 23.7 Å². The average Bonchev–Trinajstić information content (AvgIpc) is 3.28. The van der Waals surface area contributed by atoms with Crippen LogP contribution in [-0.2, 0) is 14.6 Å². The Balaban J connectivity index is 1.43. The predicted molar refractivity (Wildman–Crippen MR) is 97.7 cm³/mol. The van der Waals surface area contributed by atoms with Crippen LogP contribution in [0.25, 0.3) is 0 Å². The van der Waals surface area contributed by atoms with Gasteiger partial charge in [0, 0.05) is 25.2 Å². The second-order valence-electron chi connectivity index (χ2n) is 8.08. The molecule has 4 rings (SSSR count). The summed E-state index contributed by atoms with van der Waals surface area (Å²) in [7, 11) is -2.91. The van der Waals surface area contributed by atoms with Gasteiger partial charge in [-0.1, -0.05) is 6.42 Å². The van der Waals surface area contributed by atoms with E-state index in [0.29, 0.717) is 12.5 Å². The lowest BCUT2D eigenvalue weighted by Crippen LogP contribution is -2.52. The maximum absolute atomic E-state index is 11.9. The molecule has 4 aliphatic rings. The number of sulfone groups is 1. The van der Waals surface area contributed by atoms with Crippen molar-refractivity contribution in [3.05, 3.63) is 0 Å². The van der Waals surface area contributed by atoms with E-state index in [1.54, 1.807) is 0 Å². The third kappa shape index (κ3) is 3.58. The highest BCUT2D eigenvalue weighted by Crippen LogP contribution is 2.44. The van der Waals surface area contributed by atoms with Gasteiger partial charge in [0.1, 0.15) is 0 Å². The second-order valence-corrected chi connectivity index (χ2v) is 10.7. The summed E-state index contributed by atoms with van der Waals surface area (Å²) in [5.74, 6) is 2.15. The average molecular weight is 373 g/mol. The van der Waals surface area contributed by atoms with Crippen molar-refractivity contribution in [1.29, 1.82) is 0 Å². The number of fused-ring (bicyclic) bond motifs is 2. The molecule has 2 saturated heterocycles. The van der Waals surface area contributed by atoms with Crippen molar-refractivity contribution in [3.8, 4) is 0 Å². The Morgan fingerprint density at radius 2 is 2.08 bits per heavy atom. The molecule has 5 atom stereocenters. The quantitative estimate of drug-likeness (QED) is 0.759. The Morgan fingerprint density at radius 1 is 1.21 bits per heavy atom. The highest BCUT2D eigenvalue weighted by Gasteiger charge is 2.41. The van der Waals surface area contributed by atoms with Crippen LogP contribution in [0.4, 0.5) is 0 Å². The maximum atomic E-state index is 11.9. The van der Waals surface area contributed by atoms with Gasteiger partial charge in [0.2, 0.25) is 0 Å². The van der Waals surface area contributed by atoms with E-state index in [9.17, 15) is 8.42 Å². The van der Waals surface area contributed by atoms with Gasteiger partial charge in [-0.2, -0.15) is 0 Å². The van der Waals surface area contributed by atoms with Crippen molar-refractivity contribution in [2.24, 2.45) is 11.8 Å². The van der Waals surface area contributed by atoms with Gasteiger partial charge in [-0.05, 0) is 62.6 Å². The fourth-order valence-electron chi connectivity index (χ4n) is 5.09. The SMILES string of the molecule is O=S1(=O)CC[C@H](N(C[C@H]2CCCO2)C(=S)N[C@H]2C[C@H]3CC[C@H]2C3)C1. The minimum Gasteiger partial charge on any atom is -0.376 e. The topological polar surface area (TPSA) is 58.6 Å². The first-order valence-corrected chi connectivity index (χ1v) is 11.6. The largest absolute Gasteiger partial charge is 0.376 e. The molecule has 0 aromatic carbocycles. The minimum absolute atomic E-state index is 0.0118. The van der Waals surface area contributed by atoms with E-state index in [1.165, 1.54) is 25.7 Å². The van der Waals surface area contributed by atoms with Crippen LogP contribution in [0.1, 0.15) is 44.9 Å². The zero-order chi connectivity index (χ0) is 16.7. The van der Waals surface area contributed by atoms with E-state index < -0.39 is 9.84 Å². The van der Waals surface area contributed by atoms with Crippen LogP contribution in [0.5, 0.6) is 0 Å². The van der Waals surface area contributed by atoms with Crippen molar-refractivity contribution in [2.45, 2.75) is 63.1 Å². The minimum atomic E-state index is -2.91. The van der Waals surface area contributed by atoms with Crippen LogP contribution in [0.3, 0.4) is 0 Å². The fraction of sp³-hybridized carbons (Fsp3) is 0.941. The zero-order valence-electron chi connectivity index (χ0n) is 14.2. The maximum Gasteiger partial charge on any atom is 0.169 e. The molecule has 0 radical (unpaired) electrons. The number of hydrogen-bond donors (Lipinski definition) is 1. The molecule has 2 aliphatic heterocycles. The molecule has 0 unspecified atom stereocenters. The molecule has 2 heterocycles. The van der Waals surface area contributed by atoms with Gasteiger partial charge in [-0.3, -0.25) is 0 Å². The molecular formula is C17H28N2O3S2. The molecule has 7 heteroatoms. The lowest BCUT2D eigenvalue weighted by Gasteiger charge is -2.35. The predicted octanol–water partition coefficient (Wildman–Crippen LogP) is 1.72. The van der Waals surface area contributed by atoms with Crippen molar-refractivity contribution < 1.29 is 13.2 Å². The molecular weight excluding hydrogens is 344 g/mol. The van der Waals surface area contributed by atoms with Gasteiger partial charge in [0.15, 0.2) is 14.9 Å². The number of thiocarbonyl (C=S) groups is 1. The summed E-state index contributed by atoms with van der Waals surface area (Å²) in [6.45, 7) is 1.54. The van der Waals surface area contributed by atoms with E-state index in [2.05, 4.69) is 10.2 Å². The van der Waals surface area contributed by atoms with E-state index in [1.807, 2.05) is 0 Å². The summed E-state index contributed by atoms with van der Waals surface area (Å²) >= 11 is 5.74. The van der Waals surface area contributed by atoms with Gasteiger partial charge in [-0.15, -0.1) is 0 Å². The first kappa shape index (κ1) is 17.0. The zero-order valence-corrected chi connectivity index (χ0v) is 15.8. The molecule has 0 aromatic rings. The summed E-state index contributed by atoms with van der Waals surface area (Å²) in [6.07, 6.45) is 8.26. The van der Waals surface area contributed by atoms with Crippen LogP contribution >= 0.6 is 12.2 Å². The van der Waals surface area contributed by atoms with Crippen molar-refractivity contribution >= 4 is 27.2 Å². The Bertz CT molecular complexity index is 589.